The summed E-state index contributed by atoms with van der Waals surface area (Å²) < 4.78 is 12.7. The fourth-order valence-corrected chi connectivity index (χ4v) is 4.04. The molecule has 0 spiro atoms. The standard InChI is InChI=1S/C29H28N6O3/c1-34(2)16-17-38-23-11-7-10-22(19-23)31-29-30-14-13-24(32-29)27-26(33-25-12-4-5-15-35(25)27)20-8-6-9-21(18-20)28(36)37-3/h4-15,18-19H,16-17H2,1-3H3,(H,30,31,32). The first kappa shape index (κ1) is 24.9. The van der Waals surface area contributed by atoms with E-state index in [0.717, 1.165) is 34.9 Å². The molecule has 0 aliphatic carbocycles. The number of esters is 1. The van der Waals surface area contributed by atoms with E-state index in [0.29, 0.717) is 29.5 Å². The molecule has 0 atom stereocenters. The lowest BCUT2D eigenvalue weighted by atomic mass is 10.1. The number of pyridine rings is 1. The fourth-order valence-electron chi connectivity index (χ4n) is 4.04. The molecule has 0 amide bonds. The minimum absolute atomic E-state index is 0.404. The average Bonchev–Trinajstić information content (AvgIpc) is 3.33. The Morgan fingerprint density at radius 1 is 1.00 bits per heavy atom. The normalized spacial score (nSPS) is 11.1. The Balaban J connectivity index is 1.50. The van der Waals surface area contributed by atoms with Gasteiger partial charge < -0.3 is 19.7 Å². The van der Waals surface area contributed by atoms with E-state index < -0.39 is 5.97 Å². The number of benzene rings is 2. The third-order valence-corrected chi connectivity index (χ3v) is 5.88. The number of nitrogens with one attached hydrogen (secondary N) is 1. The highest BCUT2D eigenvalue weighted by atomic mass is 16.5. The molecule has 0 radical (unpaired) electrons. The van der Waals surface area contributed by atoms with Crippen LogP contribution >= 0.6 is 0 Å². The Labute approximate surface area is 220 Å². The third kappa shape index (κ3) is 5.47. The van der Waals surface area contributed by atoms with Crippen molar-refractivity contribution in [2.45, 2.75) is 0 Å². The predicted octanol–water partition coefficient (Wildman–Crippen LogP) is 4.93. The summed E-state index contributed by atoms with van der Waals surface area (Å²) in [7, 11) is 5.39. The van der Waals surface area contributed by atoms with Gasteiger partial charge in [-0.05, 0) is 56.6 Å². The minimum atomic E-state index is -0.404. The Kier molecular flexibility index (Phi) is 7.28. The van der Waals surface area contributed by atoms with Gasteiger partial charge in [0.1, 0.15) is 18.0 Å². The summed E-state index contributed by atoms with van der Waals surface area (Å²) in [6, 6.07) is 22.6. The molecule has 0 aliphatic rings. The van der Waals surface area contributed by atoms with Crippen LogP contribution in [0.3, 0.4) is 0 Å². The number of ether oxygens (including phenoxy) is 2. The van der Waals surface area contributed by atoms with Crippen LogP contribution in [0.2, 0.25) is 0 Å². The SMILES string of the molecule is COC(=O)c1cccc(-c2nc3ccccn3c2-c2ccnc(Nc3cccc(OCCN(C)C)c3)n2)c1. The van der Waals surface area contributed by atoms with Gasteiger partial charge in [-0.3, -0.25) is 4.40 Å². The quantitative estimate of drug-likeness (QED) is 0.280. The van der Waals surface area contributed by atoms with Crippen molar-refractivity contribution >= 4 is 23.3 Å². The highest BCUT2D eigenvalue weighted by molar-refractivity contribution is 5.92. The number of hydrogen-bond donors (Lipinski definition) is 1. The molecule has 9 heteroatoms. The van der Waals surface area contributed by atoms with Gasteiger partial charge in [-0.25, -0.2) is 19.7 Å². The minimum Gasteiger partial charge on any atom is -0.492 e. The van der Waals surface area contributed by atoms with E-state index >= 15 is 0 Å². The van der Waals surface area contributed by atoms with Crippen molar-refractivity contribution in [3.05, 3.63) is 90.8 Å². The number of aromatic nitrogens is 4. The molecule has 9 nitrogen and oxygen atoms in total. The second kappa shape index (κ2) is 11.1. The van der Waals surface area contributed by atoms with E-state index in [9.17, 15) is 4.79 Å². The van der Waals surface area contributed by atoms with Crippen molar-refractivity contribution in [1.82, 2.24) is 24.3 Å². The number of methoxy groups -OCH3 is 1. The van der Waals surface area contributed by atoms with Crippen molar-refractivity contribution in [2.75, 3.05) is 39.7 Å². The second-order valence-electron chi connectivity index (χ2n) is 8.88. The molecule has 0 saturated heterocycles. The lowest BCUT2D eigenvalue weighted by Crippen LogP contribution is -2.19. The number of anilines is 2. The molecule has 2 aromatic carbocycles. The molecule has 0 aliphatic heterocycles. The van der Waals surface area contributed by atoms with Gasteiger partial charge in [0.15, 0.2) is 0 Å². The summed E-state index contributed by atoms with van der Waals surface area (Å²) in [5.41, 5.74) is 4.97. The van der Waals surface area contributed by atoms with Gasteiger partial charge >= 0.3 is 5.97 Å². The smallest absolute Gasteiger partial charge is 0.337 e. The molecule has 3 heterocycles. The summed E-state index contributed by atoms with van der Waals surface area (Å²) in [4.78, 5) is 28.3. The molecule has 0 fully saturated rings. The highest BCUT2D eigenvalue weighted by Gasteiger charge is 2.19. The van der Waals surface area contributed by atoms with Gasteiger partial charge in [0, 0.05) is 36.3 Å². The Morgan fingerprint density at radius 2 is 1.87 bits per heavy atom. The summed E-state index contributed by atoms with van der Waals surface area (Å²) in [5, 5.41) is 3.28. The molecule has 192 valence electrons. The van der Waals surface area contributed by atoms with Crippen LogP contribution in [0.1, 0.15) is 10.4 Å². The van der Waals surface area contributed by atoms with Crippen molar-refractivity contribution < 1.29 is 14.3 Å². The van der Waals surface area contributed by atoms with E-state index in [2.05, 4.69) is 15.2 Å². The first-order valence-corrected chi connectivity index (χ1v) is 12.2. The molecule has 1 N–H and O–H groups in total. The van der Waals surface area contributed by atoms with Crippen LogP contribution < -0.4 is 10.1 Å². The molecular weight excluding hydrogens is 480 g/mol. The summed E-state index contributed by atoms with van der Waals surface area (Å²) in [6.45, 7) is 1.42. The highest BCUT2D eigenvalue weighted by Crippen LogP contribution is 2.33. The first-order valence-electron chi connectivity index (χ1n) is 12.2. The molecule has 38 heavy (non-hydrogen) atoms. The van der Waals surface area contributed by atoms with Crippen LogP contribution in [0.5, 0.6) is 5.75 Å². The molecular formula is C29H28N6O3. The van der Waals surface area contributed by atoms with Gasteiger partial charge in [0.2, 0.25) is 5.95 Å². The molecule has 0 unspecified atom stereocenters. The van der Waals surface area contributed by atoms with Gasteiger partial charge in [-0.1, -0.05) is 24.3 Å². The number of nitrogens with zero attached hydrogens (tertiary/aromatic N) is 5. The van der Waals surface area contributed by atoms with Crippen molar-refractivity contribution in [1.29, 1.82) is 0 Å². The lowest BCUT2D eigenvalue weighted by Gasteiger charge is -2.12. The average molecular weight is 509 g/mol. The lowest BCUT2D eigenvalue weighted by molar-refractivity contribution is 0.0601. The van der Waals surface area contributed by atoms with Gasteiger partial charge in [0.25, 0.3) is 0 Å². The fraction of sp³-hybridized carbons (Fsp3) is 0.172. The Bertz CT molecular complexity index is 1580. The van der Waals surface area contributed by atoms with Crippen LogP contribution in [0.25, 0.3) is 28.3 Å². The van der Waals surface area contributed by atoms with Crippen molar-refractivity contribution in [3.8, 4) is 28.4 Å². The zero-order chi connectivity index (χ0) is 26.5. The van der Waals surface area contributed by atoms with E-state index in [1.807, 2.05) is 85.4 Å². The molecule has 0 saturated carbocycles. The Hall–Kier alpha value is -4.76. The number of carbonyl (C=O) groups is 1. The van der Waals surface area contributed by atoms with Crippen LogP contribution in [0.15, 0.2) is 85.2 Å². The molecule has 0 bridgehead atoms. The molecule has 3 aromatic heterocycles. The van der Waals surface area contributed by atoms with Crippen molar-refractivity contribution in [2.24, 2.45) is 0 Å². The number of carbonyl (C=O) groups excluding carboxylic acids is 1. The largest absolute Gasteiger partial charge is 0.492 e. The summed E-state index contributed by atoms with van der Waals surface area (Å²) >= 11 is 0. The van der Waals surface area contributed by atoms with Gasteiger partial charge in [-0.15, -0.1) is 0 Å². The van der Waals surface area contributed by atoms with E-state index in [1.165, 1.54) is 7.11 Å². The number of likely N-dealkylation sites (N-methyl/N-ethyl adjacent to an activating group) is 1. The first-order chi connectivity index (χ1) is 18.5. The molecule has 5 rings (SSSR count). The van der Waals surface area contributed by atoms with Gasteiger partial charge in [0.05, 0.1) is 29.8 Å². The molecule has 5 aromatic rings. The second-order valence-corrected chi connectivity index (χ2v) is 8.88. The van der Waals surface area contributed by atoms with E-state index in [4.69, 9.17) is 19.4 Å². The van der Waals surface area contributed by atoms with Crippen LogP contribution in [0, 0.1) is 0 Å². The monoisotopic (exact) mass is 508 g/mol. The van der Waals surface area contributed by atoms with Crippen molar-refractivity contribution in [3.63, 3.8) is 0 Å². The zero-order valence-corrected chi connectivity index (χ0v) is 21.5. The van der Waals surface area contributed by atoms with Crippen LogP contribution in [-0.2, 0) is 4.74 Å². The predicted molar refractivity (Wildman–Crippen MR) is 147 cm³/mol. The number of hydrogen-bond acceptors (Lipinski definition) is 8. The maximum atomic E-state index is 12.2. The van der Waals surface area contributed by atoms with E-state index in [-0.39, 0.29) is 0 Å². The maximum Gasteiger partial charge on any atom is 0.337 e. The summed E-state index contributed by atoms with van der Waals surface area (Å²) in [6.07, 6.45) is 3.65. The number of rotatable bonds is 9. The van der Waals surface area contributed by atoms with Crippen LogP contribution in [-0.4, -0.2) is 64.6 Å². The topological polar surface area (TPSA) is 93.9 Å². The van der Waals surface area contributed by atoms with E-state index in [1.54, 1.807) is 18.3 Å². The van der Waals surface area contributed by atoms with Gasteiger partial charge in [-0.2, -0.15) is 0 Å². The number of fused-ring (bicyclic) bond motifs is 1. The maximum absolute atomic E-state index is 12.2. The summed E-state index contributed by atoms with van der Waals surface area (Å²) in [5.74, 6) is 0.800. The third-order valence-electron chi connectivity index (χ3n) is 5.88. The zero-order valence-electron chi connectivity index (χ0n) is 21.5. The Morgan fingerprint density at radius 3 is 2.71 bits per heavy atom. The van der Waals surface area contributed by atoms with Crippen LogP contribution in [0.4, 0.5) is 11.6 Å². The number of imidazole rings is 1.